The van der Waals surface area contributed by atoms with Crippen LogP contribution in [-0.2, 0) is 0 Å². The standard InChI is InChI=1S/C15H10BrCl2NO/c16-12-3-1-10(18)7-11(12)15(19)14-6-8-5-9(17)2-4-13(8)20-14/h1-7,15H,19H2. The first kappa shape index (κ1) is 14.0. The molecule has 102 valence electrons. The average molecular weight is 371 g/mol. The molecule has 1 aromatic heterocycles. The molecule has 0 radical (unpaired) electrons. The van der Waals surface area contributed by atoms with Crippen molar-refractivity contribution in [1.29, 1.82) is 0 Å². The van der Waals surface area contributed by atoms with Crippen LogP contribution in [0.1, 0.15) is 17.4 Å². The molecule has 5 heteroatoms. The molecule has 0 saturated carbocycles. The third-order valence-electron chi connectivity index (χ3n) is 3.10. The van der Waals surface area contributed by atoms with Gasteiger partial charge in [-0.2, -0.15) is 0 Å². The van der Waals surface area contributed by atoms with Crippen molar-refractivity contribution < 1.29 is 4.42 Å². The molecule has 2 N–H and O–H groups in total. The van der Waals surface area contributed by atoms with E-state index in [4.69, 9.17) is 33.4 Å². The van der Waals surface area contributed by atoms with Crippen LogP contribution in [0.5, 0.6) is 0 Å². The normalized spacial score (nSPS) is 12.8. The number of furan rings is 1. The van der Waals surface area contributed by atoms with E-state index < -0.39 is 6.04 Å². The summed E-state index contributed by atoms with van der Waals surface area (Å²) in [5, 5.41) is 2.24. The molecule has 1 atom stereocenters. The smallest absolute Gasteiger partial charge is 0.134 e. The van der Waals surface area contributed by atoms with Crippen LogP contribution in [0, 0.1) is 0 Å². The summed E-state index contributed by atoms with van der Waals surface area (Å²) in [4.78, 5) is 0. The topological polar surface area (TPSA) is 39.2 Å². The molecule has 3 aromatic rings. The molecule has 1 heterocycles. The minimum Gasteiger partial charge on any atom is -0.459 e. The van der Waals surface area contributed by atoms with Gasteiger partial charge in [-0.15, -0.1) is 0 Å². The minimum atomic E-state index is -0.394. The number of hydrogen-bond donors (Lipinski definition) is 1. The van der Waals surface area contributed by atoms with Crippen LogP contribution in [0.2, 0.25) is 10.0 Å². The molecular weight excluding hydrogens is 361 g/mol. The number of hydrogen-bond acceptors (Lipinski definition) is 2. The van der Waals surface area contributed by atoms with Gasteiger partial charge in [0.1, 0.15) is 11.3 Å². The first-order valence-corrected chi connectivity index (χ1v) is 7.49. The first-order chi connectivity index (χ1) is 9.54. The molecule has 0 fully saturated rings. The lowest BCUT2D eigenvalue weighted by Gasteiger charge is -2.11. The monoisotopic (exact) mass is 369 g/mol. The Morgan fingerprint density at radius 2 is 1.70 bits per heavy atom. The Hall–Kier alpha value is -1.000. The molecule has 0 bridgehead atoms. The summed E-state index contributed by atoms with van der Waals surface area (Å²) in [7, 11) is 0. The zero-order valence-electron chi connectivity index (χ0n) is 10.2. The molecule has 1 unspecified atom stereocenters. The molecule has 20 heavy (non-hydrogen) atoms. The van der Waals surface area contributed by atoms with Crippen molar-refractivity contribution in [1.82, 2.24) is 0 Å². The first-order valence-electron chi connectivity index (χ1n) is 5.94. The Labute approximate surface area is 134 Å². The highest BCUT2D eigenvalue weighted by Gasteiger charge is 2.17. The van der Waals surface area contributed by atoms with Gasteiger partial charge in [-0.3, -0.25) is 0 Å². The summed E-state index contributed by atoms with van der Waals surface area (Å²) in [5.74, 6) is 0.672. The Bertz CT molecular complexity index is 785. The predicted molar refractivity (Wildman–Crippen MR) is 86.4 cm³/mol. The van der Waals surface area contributed by atoms with Gasteiger partial charge in [-0.05, 0) is 48.0 Å². The van der Waals surface area contributed by atoms with Gasteiger partial charge in [0, 0.05) is 19.9 Å². The van der Waals surface area contributed by atoms with Gasteiger partial charge in [0.25, 0.3) is 0 Å². The van der Waals surface area contributed by atoms with Gasteiger partial charge >= 0.3 is 0 Å². The third kappa shape index (κ3) is 2.59. The lowest BCUT2D eigenvalue weighted by atomic mass is 10.1. The van der Waals surface area contributed by atoms with E-state index in [0.717, 1.165) is 21.0 Å². The molecular formula is C15H10BrCl2NO. The summed E-state index contributed by atoms with van der Waals surface area (Å²) in [6.07, 6.45) is 0. The molecule has 0 amide bonds. The van der Waals surface area contributed by atoms with Crippen LogP contribution in [0.15, 0.2) is 51.4 Å². The van der Waals surface area contributed by atoms with E-state index in [0.29, 0.717) is 15.8 Å². The van der Waals surface area contributed by atoms with Crippen molar-refractivity contribution in [3.05, 3.63) is 68.3 Å². The molecule has 0 aliphatic heterocycles. The maximum Gasteiger partial charge on any atom is 0.134 e. The van der Waals surface area contributed by atoms with E-state index in [-0.39, 0.29) is 0 Å². The number of halogens is 3. The van der Waals surface area contributed by atoms with Gasteiger partial charge in [0.15, 0.2) is 0 Å². The maximum atomic E-state index is 6.27. The molecule has 2 nitrogen and oxygen atoms in total. The Kier molecular flexibility index (Phi) is 3.78. The summed E-state index contributed by atoms with van der Waals surface area (Å²) in [6, 6.07) is 12.5. The highest BCUT2D eigenvalue weighted by Crippen LogP contribution is 2.32. The van der Waals surface area contributed by atoms with E-state index >= 15 is 0 Å². The summed E-state index contributed by atoms with van der Waals surface area (Å²) >= 11 is 15.5. The SMILES string of the molecule is NC(c1cc2cc(Cl)ccc2o1)c1cc(Cl)ccc1Br. The predicted octanol–water partition coefficient (Wildman–Crippen LogP) is 5.55. The molecule has 2 aromatic carbocycles. The van der Waals surface area contributed by atoms with Crippen LogP contribution >= 0.6 is 39.1 Å². The van der Waals surface area contributed by atoms with Crippen molar-refractivity contribution >= 4 is 50.1 Å². The summed E-state index contributed by atoms with van der Waals surface area (Å²) in [5.41, 5.74) is 7.91. The lowest BCUT2D eigenvalue weighted by molar-refractivity contribution is 0.524. The molecule has 0 aliphatic rings. The van der Waals surface area contributed by atoms with Gasteiger partial charge in [-0.25, -0.2) is 0 Å². The van der Waals surface area contributed by atoms with Crippen LogP contribution in [0.4, 0.5) is 0 Å². The minimum absolute atomic E-state index is 0.394. The van der Waals surface area contributed by atoms with E-state index in [9.17, 15) is 0 Å². The van der Waals surface area contributed by atoms with Crippen LogP contribution in [0.25, 0.3) is 11.0 Å². The van der Waals surface area contributed by atoms with Crippen molar-refractivity contribution in [2.24, 2.45) is 5.73 Å². The number of benzene rings is 2. The van der Waals surface area contributed by atoms with Crippen LogP contribution < -0.4 is 5.73 Å². The van der Waals surface area contributed by atoms with Crippen molar-refractivity contribution in [2.75, 3.05) is 0 Å². The van der Waals surface area contributed by atoms with E-state index in [1.54, 1.807) is 12.1 Å². The Balaban J connectivity index is 2.07. The van der Waals surface area contributed by atoms with Gasteiger partial charge in [0.2, 0.25) is 0 Å². The van der Waals surface area contributed by atoms with E-state index in [1.165, 1.54) is 0 Å². The molecule has 0 spiro atoms. The second-order valence-electron chi connectivity index (χ2n) is 4.47. The van der Waals surface area contributed by atoms with Gasteiger partial charge in [-0.1, -0.05) is 39.1 Å². The maximum absolute atomic E-state index is 6.27. The van der Waals surface area contributed by atoms with Crippen molar-refractivity contribution in [3.63, 3.8) is 0 Å². The second-order valence-corrected chi connectivity index (χ2v) is 6.20. The Morgan fingerprint density at radius 1 is 1.00 bits per heavy atom. The fourth-order valence-corrected chi connectivity index (χ4v) is 2.95. The molecule has 0 aliphatic carbocycles. The summed E-state index contributed by atoms with van der Waals surface area (Å²) in [6.45, 7) is 0. The Morgan fingerprint density at radius 3 is 2.50 bits per heavy atom. The number of fused-ring (bicyclic) bond motifs is 1. The van der Waals surface area contributed by atoms with Gasteiger partial charge in [0.05, 0.1) is 6.04 Å². The molecule has 3 rings (SSSR count). The summed E-state index contributed by atoms with van der Waals surface area (Å²) < 4.78 is 6.68. The van der Waals surface area contributed by atoms with Crippen molar-refractivity contribution in [3.8, 4) is 0 Å². The third-order valence-corrected chi connectivity index (χ3v) is 4.29. The van der Waals surface area contributed by atoms with E-state index in [2.05, 4.69) is 15.9 Å². The fourth-order valence-electron chi connectivity index (χ4n) is 2.09. The molecule has 0 saturated heterocycles. The second kappa shape index (κ2) is 5.41. The van der Waals surface area contributed by atoms with E-state index in [1.807, 2.05) is 30.3 Å². The average Bonchev–Trinajstić information content (AvgIpc) is 2.83. The highest BCUT2D eigenvalue weighted by molar-refractivity contribution is 9.10. The van der Waals surface area contributed by atoms with Crippen LogP contribution in [0.3, 0.4) is 0 Å². The fraction of sp³-hybridized carbons (Fsp3) is 0.0667. The van der Waals surface area contributed by atoms with Gasteiger partial charge < -0.3 is 10.2 Å². The number of rotatable bonds is 2. The van der Waals surface area contributed by atoms with Crippen molar-refractivity contribution in [2.45, 2.75) is 6.04 Å². The zero-order chi connectivity index (χ0) is 14.3. The van der Waals surface area contributed by atoms with Crippen LogP contribution in [-0.4, -0.2) is 0 Å². The number of nitrogens with two attached hydrogens (primary N) is 1. The largest absolute Gasteiger partial charge is 0.459 e. The zero-order valence-corrected chi connectivity index (χ0v) is 13.3. The quantitative estimate of drug-likeness (QED) is 0.642. The lowest BCUT2D eigenvalue weighted by Crippen LogP contribution is -2.11. The highest BCUT2D eigenvalue weighted by atomic mass is 79.9.